The standard InChI is InChI=1S/C15H14N2O3S/c1-7-4-10(5-11-13(7)20-6-12(19)17-11)15-16-8(2)14(21-15)9(3)18/h4-5H,6H2,1-3H3,(H,17,19). The maximum Gasteiger partial charge on any atom is 0.262 e. The molecule has 0 fully saturated rings. The number of amides is 1. The highest BCUT2D eigenvalue weighted by Crippen LogP contribution is 2.37. The third kappa shape index (κ3) is 2.42. The molecule has 0 saturated carbocycles. The summed E-state index contributed by atoms with van der Waals surface area (Å²) in [6.07, 6.45) is 0. The van der Waals surface area contributed by atoms with Crippen LogP contribution < -0.4 is 10.1 Å². The van der Waals surface area contributed by atoms with E-state index in [0.717, 1.165) is 21.8 Å². The number of fused-ring (bicyclic) bond motifs is 1. The number of carbonyl (C=O) groups is 2. The van der Waals surface area contributed by atoms with Crippen LogP contribution in [-0.2, 0) is 4.79 Å². The van der Waals surface area contributed by atoms with Crippen molar-refractivity contribution in [3.63, 3.8) is 0 Å². The molecule has 1 aliphatic heterocycles. The number of hydrogen-bond acceptors (Lipinski definition) is 5. The molecular formula is C15H14N2O3S. The normalized spacial score (nSPS) is 13.4. The smallest absolute Gasteiger partial charge is 0.262 e. The fraction of sp³-hybridized carbons (Fsp3) is 0.267. The van der Waals surface area contributed by atoms with Crippen molar-refractivity contribution in [3.8, 4) is 16.3 Å². The van der Waals surface area contributed by atoms with Gasteiger partial charge in [-0.05, 0) is 31.5 Å². The first kappa shape index (κ1) is 13.8. The molecule has 1 aromatic heterocycles. The van der Waals surface area contributed by atoms with Crippen molar-refractivity contribution in [2.24, 2.45) is 0 Å². The fourth-order valence-electron chi connectivity index (χ4n) is 2.35. The van der Waals surface area contributed by atoms with Gasteiger partial charge in [0.05, 0.1) is 16.3 Å². The number of Topliss-reactive ketones (excluding diaryl/α,β-unsaturated/α-hetero) is 1. The van der Waals surface area contributed by atoms with E-state index in [1.54, 1.807) is 0 Å². The Bertz CT molecular complexity index is 765. The molecular weight excluding hydrogens is 288 g/mol. The summed E-state index contributed by atoms with van der Waals surface area (Å²) in [6.45, 7) is 5.33. The van der Waals surface area contributed by atoms with Crippen LogP contribution in [0.15, 0.2) is 12.1 Å². The highest BCUT2D eigenvalue weighted by Gasteiger charge is 2.20. The molecule has 0 bridgehead atoms. The van der Waals surface area contributed by atoms with Gasteiger partial charge < -0.3 is 10.1 Å². The maximum atomic E-state index is 11.5. The number of rotatable bonds is 2. The molecule has 108 valence electrons. The van der Waals surface area contributed by atoms with E-state index in [0.29, 0.717) is 16.3 Å². The van der Waals surface area contributed by atoms with E-state index in [1.165, 1.54) is 18.3 Å². The lowest BCUT2D eigenvalue weighted by molar-refractivity contribution is -0.118. The molecule has 1 amide bonds. The SMILES string of the molecule is CC(=O)c1sc(-c2cc(C)c3c(c2)NC(=O)CO3)nc1C. The molecule has 1 aliphatic rings. The number of nitrogens with zero attached hydrogens (tertiary/aromatic N) is 1. The zero-order chi connectivity index (χ0) is 15.1. The van der Waals surface area contributed by atoms with Crippen LogP contribution in [0.2, 0.25) is 0 Å². The number of aromatic nitrogens is 1. The highest BCUT2D eigenvalue weighted by molar-refractivity contribution is 7.17. The van der Waals surface area contributed by atoms with Crippen LogP contribution in [0.3, 0.4) is 0 Å². The van der Waals surface area contributed by atoms with Gasteiger partial charge in [0, 0.05) is 12.5 Å². The molecule has 0 spiro atoms. The van der Waals surface area contributed by atoms with Crippen molar-refractivity contribution in [1.82, 2.24) is 4.98 Å². The van der Waals surface area contributed by atoms with Crippen LogP contribution in [0.1, 0.15) is 27.9 Å². The molecule has 0 radical (unpaired) electrons. The second-order valence-corrected chi connectivity index (χ2v) is 6.00. The van der Waals surface area contributed by atoms with Crippen LogP contribution in [-0.4, -0.2) is 23.3 Å². The van der Waals surface area contributed by atoms with Gasteiger partial charge in [-0.25, -0.2) is 4.98 Å². The van der Waals surface area contributed by atoms with Gasteiger partial charge in [0.2, 0.25) is 0 Å². The van der Waals surface area contributed by atoms with Crippen LogP contribution in [0.5, 0.6) is 5.75 Å². The predicted molar refractivity (Wildman–Crippen MR) is 81.2 cm³/mol. The average Bonchev–Trinajstić information content (AvgIpc) is 2.80. The van der Waals surface area contributed by atoms with E-state index in [2.05, 4.69) is 10.3 Å². The van der Waals surface area contributed by atoms with E-state index >= 15 is 0 Å². The molecule has 21 heavy (non-hydrogen) atoms. The third-order valence-electron chi connectivity index (χ3n) is 3.26. The average molecular weight is 302 g/mol. The van der Waals surface area contributed by atoms with E-state index in [9.17, 15) is 9.59 Å². The Morgan fingerprint density at radius 2 is 2.14 bits per heavy atom. The topological polar surface area (TPSA) is 68.3 Å². The highest BCUT2D eigenvalue weighted by atomic mass is 32.1. The predicted octanol–water partition coefficient (Wildman–Crippen LogP) is 2.96. The summed E-state index contributed by atoms with van der Waals surface area (Å²) < 4.78 is 5.44. The van der Waals surface area contributed by atoms with Gasteiger partial charge in [0.15, 0.2) is 12.4 Å². The van der Waals surface area contributed by atoms with Crippen molar-refractivity contribution in [1.29, 1.82) is 0 Å². The van der Waals surface area contributed by atoms with E-state index < -0.39 is 0 Å². The largest absolute Gasteiger partial charge is 0.481 e. The van der Waals surface area contributed by atoms with Gasteiger partial charge in [-0.2, -0.15) is 0 Å². The molecule has 6 heteroatoms. The Labute approximate surface area is 126 Å². The summed E-state index contributed by atoms with van der Waals surface area (Å²) in [5.74, 6) is 0.541. The first-order valence-electron chi connectivity index (χ1n) is 6.51. The van der Waals surface area contributed by atoms with E-state index in [4.69, 9.17) is 4.74 Å². The summed E-state index contributed by atoms with van der Waals surface area (Å²) in [4.78, 5) is 28.1. The van der Waals surface area contributed by atoms with Crippen molar-refractivity contribution in [3.05, 3.63) is 28.3 Å². The summed E-state index contributed by atoms with van der Waals surface area (Å²) in [5, 5.41) is 3.57. The molecule has 5 nitrogen and oxygen atoms in total. The van der Waals surface area contributed by atoms with Gasteiger partial charge in [-0.15, -0.1) is 11.3 Å². The lowest BCUT2D eigenvalue weighted by Crippen LogP contribution is -2.25. The molecule has 0 unspecified atom stereocenters. The van der Waals surface area contributed by atoms with Crippen LogP contribution in [0.25, 0.3) is 10.6 Å². The van der Waals surface area contributed by atoms with E-state index in [1.807, 2.05) is 26.0 Å². The number of carbonyl (C=O) groups excluding carboxylic acids is 2. The van der Waals surface area contributed by atoms with Crippen molar-refractivity contribution in [2.45, 2.75) is 20.8 Å². The lowest BCUT2D eigenvalue weighted by Gasteiger charge is -2.20. The molecule has 1 aromatic carbocycles. The van der Waals surface area contributed by atoms with Crippen LogP contribution in [0, 0.1) is 13.8 Å². The molecule has 2 aromatic rings. The van der Waals surface area contributed by atoms with Crippen molar-refractivity contribution >= 4 is 28.7 Å². The number of thiazole rings is 1. The minimum atomic E-state index is -0.168. The minimum absolute atomic E-state index is 0.0163. The number of nitrogens with one attached hydrogen (secondary N) is 1. The van der Waals surface area contributed by atoms with E-state index in [-0.39, 0.29) is 18.3 Å². The molecule has 3 rings (SSSR count). The maximum absolute atomic E-state index is 11.5. The third-order valence-corrected chi connectivity index (χ3v) is 4.57. The van der Waals surface area contributed by atoms with Crippen LogP contribution >= 0.6 is 11.3 Å². The van der Waals surface area contributed by atoms with Gasteiger partial charge in [-0.1, -0.05) is 0 Å². The fourth-order valence-corrected chi connectivity index (χ4v) is 3.30. The quantitative estimate of drug-likeness (QED) is 0.866. The monoisotopic (exact) mass is 302 g/mol. The summed E-state index contributed by atoms with van der Waals surface area (Å²) in [6, 6.07) is 3.79. The number of ether oxygens (including phenoxy) is 1. The van der Waals surface area contributed by atoms with Gasteiger partial charge >= 0.3 is 0 Å². The molecule has 0 atom stereocenters. The van der Waals surface area contributed by atoms with Gasteiger partial charge in [-0.3, -0.25) is 9.59 Å². The second kappa shape index (κ2) is 4.96. The number of anilines is 1. The number of hydrogen-bond donors (Lipinski definition) is 1. The summed E-state index contributed by atoms with van der Waals surface area (Å²) >= 11 is 1.37. The molecule has 2 heterocycles. The van der Waals surface area contributed by atoms with Gasteiger partial charge in [0.1, 0.15) is 10.8 Å². The Hall–Kier alpha value is -2.21. The Kier molecular flexibility index (Phi) is 3.25. The van der Waals surface area contributed by atoms with Crippen molar-refractivity contribution in [2.75, 3.05) is 11.9 Å². The number of benzene rings is 1. The zero-order valence-electron chi connectivity index (χ0n) is 11.9. The Morgan fingerprint density at radius 1 is 1.38 bits per heavy atom. The van der Waals surface area contributed by atoms with Crippen LogP contribution in [0.4, 0.5) is 5.69 Å². The second-order valence-electron chi connectivity index (χ2n) is 5.00. The summed E-state index contributed by atoms with van der Waals surface area (Å²) in [7, 11) is 0. The minimum Gasteiger partial charge on any atom is -0.481 e. The molecule has 1 N–H and O–H groups in total. The van der Waals surface area contributed by atoms with Crippen molar-refractivity contribution < 1.29 is 14.3 Å². The molecule has 0 aliphatic carbocycles. The van der Waals surface area contributed by atoms with Gasteiger partial charge in [0.25, 0.3) is 5.91 Å². The summed E-state index contributed by atoms with van der Waals surface area (Å²) in [5.41, 5.74) is 3.19. The molecule has 0 saturated heterocycles. The Balaban J connectivity index is 2.09. The number of ketones is 1. The first-order chi connectivity index (χ1) is 9.95. The zero-order valence-corrected chi connectivity index (χ0v) is 12.8. The first-order valence-corrected chi connectivity index (χ1v) is 7.33. The number of aryl methyl sites for hydroxylation is 2. The Morgan fingerprint density at radius 3 is 2.81 bits per heavy atom. The lowest BCUT2D eigenvalue weighted by atomic mass is 10.1.